The average molecular weight is 270 g/mol. The summed E-state index contributed by atoms with van der Waals surface area (Å²) in [5.74, 6) is 0.144. The molecule has 0 bridgehead atoms. The monoisotopic (exact) mass is 270 g/mol. The van der Waals surface area contributed by atoms with Crippen molar-refractivity contribution in [3.05, 3.63) is 0 Å². The molecular weight excluding hydrogens is 244 g/mol. The summed E-state index contributed by atoms with van der Waals surface area (Å²) in [5, 5.41) is 0. The van der Waals surface area contributed by atoms with Gasteiger partial charge in [0.2, 0.25) is 5.91 Å². The van der Waals surface area contributed by atoms with E-state index < -0.39 is 5.41 Å². The SMILES string of the molecule is CCCCCN(C)C(=O)C1(C(N)=S)CCCCC1. The predicted octanol–water partition coefficient (Wildman–Crippen LogP) is 2.87. The second-order valence-electron chi connectivity index (χ2n) is 5.44. The standard InChI is InChI=1S/C14H26N2OS/c1-3-4-8-11-16(2)13(17)14(12(15)18)9-6-5-7-10-14/h3-11H2,1-2H3,(H2,15,18). The second-order valence-corrected chi connectivity index (χ2v) is 5.88. The Bertz CT molecular complexity index is 298. The Kier molecular flexibility index (Phi) is 6.06. The Labute approximate surface area is 116 Å². The molecule has 0 spiro atoms. The Balaban J connectivity index is 2.67. The van der Waals surface area contributed by atoms with E-state index in [1.165, 1.54) is 12.8 Å². The van der Waals surface area contributed by atoms with E-state index in [2.05, 4.69) is 6.92 Å². The molecule has 1 rings (SSSR count). The van der Waals surface area contributed by atoms with Gasteiger partial charge in [-0.1, -0.05) is 51.2 Å². The average Bonchev–Trinajstić information content (AvgIpc) is 2.38. The molecule has 0 aromatic carbocycles. The van der Waals surface area contributed by atoms with Crippen LogP contribution in [0.3, 0.4) is 0 Å². The molecule has 0 aliphatic heterocycles. The molecule has 1 aliphatic rings. The van der Waals surface area contributed by atoms with Crippen LogP contribution in [-0.2, 0) is 4.79 Å². The summed E-state index contributed by atoms with van der Waals surface area (Å²) in [6.07, 6.45) is 8.37. The lowest BCUT2D eigenvalue weighted by Crippen LogP contribution is -2.50. The molecule has 0 aromatic heterocycles. The quantitative estimate of drug-likeness (QED) is 0.596. The number of nitrogens with zero attached hydrogens (tertiary/aromatic N) is 1. The minimum absolute atomic E-state index is 0.144. The van der Waals surface area contributed by atoms with Crippen molar-refractivity contribution in [2.75, 3.05) is 13.6 Å². The summed E-state index contributed by atoms with van der Waals surface area (Å²) in [7, 11) is 1.88. The van der Waals surface area contributed by atoms with Crippen molar-refractivity contribution in [2.24, 2.45) is 11.1 Å². The zero-order valence-corrected chi connectivity index (χ0v) is 12.5. The normalized spacial score (nSPS) is 18.3. The van der Waals surface area contributed by atoms with E-state index >= 15 is 0 Å². The van der Waals surface area contributed by atoms with Crippen molar-refractivity contribution < 1.29 is 4.79 Å². The first-order chi connectivity index (χ1) is 8.54. The molecule has 3 nitrogen and oxygen atoms in total. The largest absolute Gasteiger partial charge is 0.392 e. The highest BCUT2D eigenvalue weighted by Gasteiger charge is 2.43. The highest BCUT2D eigenvalue weighted by molar-refractivity contribution is 7.80. The third kappa shape index (κ3) is 3.44. The van der Waals surface area contributed by atoms with Crippen LogP contribution in [0.2, 0.25) is 0 Å². The first kappa shape index (κ1) is 15.4. The van der Waals surface area contributed by atoms with Gasteiger partial charge in [0.1, 0.15) is 0 Å². The highest BCUT2D eigenvalue weighted by atomic mass is 32.1. The van der Waals surface area contributed by atoms with Gasteiger partial charge in [0.25, 0.3) is 0 Å². The molecule has 0 radical (unpaired) electrons. The lowest BCUT2D eigenvalue weighted by atomic mass is 9.73. The fourth-order valence-electron chi connectivity index (χ4n) is 2.79. The number of carbonyl (C=O) groups excluding carboxylic acids is 1. The van der Waals surface area contributed by atoms with E-state index in [-0.39, 0.29) is 5.91 Å². The molecule has 1 saturated carbocycles. The van der Waals surface area contributed by atoms with Crippen LogP contribution in [0.1, 0.15) is 58.3 Å². The molecule has 1 aliphatic carbocycles. The fourth-order valence-corrected chi connectivity index (χ4v) is 3.08. The van der Waals surface area contributed by atoms with E-state index in [0.717, 1.165) is 45.1 Å². The lowest BCUT2D eigenvalue weighted by molar-refractivity contribution is -0.138. The van der Waals surface area contributed by atoms with Gasteiger partial charge in [0, 0.05) is 13.6 Å². The maximum atomic E-state index is 12.6. The van der Waals surface area contributed by atoms with E-state index in [9.17, 15) is 4.79 Å². The molecule has 104 valence electrons. The van der Waals surface area contributed by atoms with Gasteiger partial charge in [-0.3, -0.25) is 4.79 Å². The second kappa shape index (κ2) is 7.07. The summed E-state index contributed by atoms with van der Waals surface area (Å²) in [6.45, 7) is 2.98. The van der Waals surface area contributed by atoms with Crippen LogP contribution in [0, 0.1) is 5.41 Å². The van der Waals surface area contributed by atoms with Crippen molar-refractivity contribution in [1.29, 1.82) is 0 Å². The number of hydrogen-bond acceptors (Lipinski definition) is 2. The fraction of sp³-hybridized carbons (Fsp3) is 0.857. The van der Waals surface area contributed by atoms with Crippen LogP contribution in [0.15, 0.2) is 0 Å². The molecule has 0 saturated heterocycles. The predicted molar refractivity (Wildman–Crippen MR) is 79.5 cm³/mol. The zero-order valence-electron chi connectivity index (χ0n) is 11.7. The first-order valence-electron chi connectivity index (χ1n) is 7.10. The number of thiocarbonyl (C=S) groups is 1. The molecule has 0 unspecified atom stereocenters. The van der Waals surface area contributed by atoms with Crippen molar-refractivity contribution in [3.63, 3.8) is 0 Å². The van der Waals surface area contributed by atoms with Crippen LogP contribution in [0.25, 0.3) is 0 Å². The van der Waals surface area contributed by atoms with Crippen LogP contribution < -0.4 is 5.73 Å². The summed E-state index contributed by atoms with van der Waals surface area (Å²) in [4.78, 5) is 14.8. The molecule has 1 amide bonds. The van der Waals surface area contributed by atoms with Crippen molar-refractivity contribution in [3.8, 4) is 0 Å². The zero-order chi connectivity index (χ0) is 13.6. The summed E-state index contributed by atoms with van der Waals surface area (Å²) < 4.78 is 0. The third-order valence-electron chi connectivity index (χ3n) is 4.03. The molecule has 18 heavy (non-hydrogen) atoms. The Morgan fingerprint density at radius 1 is 1.28 bits per heavy atom. The maximum Gasteiger partial charge on any atom is 0.235 e. The van der Waals surface area contributed by atoms with Crippen LogP contribution >= 0.6 is 12.2 Å². The number of amides is 1. The van der Waals surface area contributed by atoms with E-state index in [4.69, 9.17) is 18.0 Å². The Morgan fingerprint density at radius 3 is 2.39 bits per heavy atom. The molecule has 1 fully saturated rings. The molecule has 0 heterocycles. The minimum Gasteiger partial charge on any atom is -0.392 e. The molecule has 0 atom stereocenters. The number of nitrogens with two attached hydrogens (primary N) is 1. The van der Waals surface area contributed by atoms with Crippen molar-refractivity contribution in [2.45, 2.75) is 58.3 Å². The van der Waals surface area contributed by atoms with Gasteiger partial charge >= 0.3 is 0 Å². The summed E-state index contributed by atoms with van der Waals surface area (Å²) in [6, 6.07) is 0. The van der Waals surface area contributed by atoms with Crippen molar-refractivity contribution >= 4 is 23.1 Å². The molecule has 0 aromatic rings. The number of carbonyl (C=O) groups is 1. The van der Waals surface area contributed by atoms with Gasteiger partial charge in [-0.2, -0.15) is 0 Å². The van der Waals surface area contributed by atoms with Gasteiger partial charge in [-0.15, -0.1) is 0 Å². The number of rotatable bonds is 6. The minimum atomic E-state index is -0.547. The summed E-state index contributed by atoms with van der Waals surface area (Å²) in [5.41, 5.74) is 5.33. The molecule has 2 N–H and O–H groups in total. The third-order valence-corrected chi connectivity index (χ3v) is 4.42. The van der Waals surface area contributed by atoms with Gasteiger partial charge in [-0.25, -0.2) is 0 Å². The van der Waals surface area contributed by atoms with E-state index in [1.807, 2.05) is 11.9 Å². The van der Waals surface area contributed by atoms with Crippen LogP contribution in [0.4, 0.5) is 0 Å². The first-order valence-corrected chi connectivity index (χ1v) is 7.51. The van der Waals surface area contributed by atoms with E-state index in [0.29, 0.717) is 4.99 Å². The van der Waals surface area contributed by atoms with Gasteiger partial charge in [0.15, 0.2) is 0 Å². The highest BCUT2D eigenvalue weighted by Crippen LogP contribution is 2.38. The number of hydrogen-bond donors (Lipinski definition) is 1. The summed E-state index contributed by atoms with van der Waals surface area (Å²) >= 11 is 5.19. The number of unbranched alkanes of at least 4 members (excludes halogenated alkanes) is 2. The topological polar surface area (TPSA) is 46.3 Å². The Morgan fingerprint density at radius 2 is 1.89 bits per heavy atom. The van der Waals surface area contributed by atoms with Crippen LogP contribution in [0.5, 0.6) is 0 Å². The molecular formula is C14H26N2OS. The van der Waals surface area contributed by atoms with Crippen LogP contribution in [-0.4, -0.2) is 29.4 Å². The Hall–Kier alpha value is -0.640. The van der Waals surface area contributed by atoms with E-state index in [1.54, 1.807) is 0 Å². The van der Waals surface area contributed by atoms with Gasteiger partial charge in [-0.05, 0) is 19.3 Å². The molecule has 4 heteroatoms. The maximum absolute atomic E-state index is 12.6. The lowest BCUT2D eigenvalue weighted by Gasteiger charge is -2.37. The smallest absolute Gasteiger partial charge is 0.235 e. The van der Waals surface area contributed by atoms with Crippen molar-refractivity contribution in [1.82, 2.24) is 4.90 Å². The van der Waals surface area contributed by atoms with Gasteiger partial charge in [0.05, 0.1) is 10.4 Å². The van der Waals surface area contributed by atoms with Gasteiger partial charge < -0.3 is 10.6 Å².